The van der Waals surface area contributed by atoms with Crippen molar-refractivity contribution in [3.8, 4) is 0 Å². The number of nitrogens with zero attached hydrogens (tertiary/aromatic N) is 1. The zero-order valence-corrected chi connectivity index (χ0v) is 9.66. The summed E-state index contributed by atoms with van der Waals surface area (Å²) < 4.78 is 0. The summed E-state index contributed by atoms with van der Waals surface area (Å²) in [6.07, 6.45) is 2.26. The van der Waals surface area contributed by atoms with Crippen LogP contribution in [-0.2, 0) is 4.79 Å². The molecule has 1 atom stereocenters. The molecule has 2 nitrogen and oxygen atoms in total. The van der Waals surface area contributed by atoms with Gasteiger partial charge in [0.05, 0.1) is 5.25 Å². The maximum Gasteiger partial charge on any atom is 0.235 e. The molecule has 70 valence electrons. The topological polar surface area (TPSA) is 20.3 Å². The number of hydrogen-bond donors (Lipinski definition) is 0. The maximum atomic E-state index is 11.6. The van der Waals surface area contributed by atoms with Gasteiger partial charge in [0.15, 0.2) is 0 Å². The lowest BCUT2D eigenvalue weighted by Crippen LogP contribution is -2.34. The van der Waals surface area contributed by atoms with E-state index in [0.29, 0.717) is 5.91 Å². The van der Waals surface area contributed by atoms with Crippen molar-refractivity contribution < 1.29 is 4.79 Å². The minimum absolute atomic E-state index is 0.244. The lowest BCUT2D eigenvalue weighted by molar-refractivity contribution is -0.129. The molecule has 12 heavy (non-hydrogen) atoms. The largest absolute Gasteiger partial charge is 0.344 e. The van der Waals surface area contributed by atoms with E-state index >= 15 is 0 Å². The van der Waals surface area contributed by atoms with E-state index in [2.05, 4.69) is 15.9 Å². The molecule has 1 unspecified atom stereocenters. The fraction of sp³-hybridized carbons (Fsp3) is 0.875. The van der Waals surface area contributed by atoms with E-state index in [1.807, 2.05) is 11.9 Å². The molecule has 0 aromatic carbocycles. The van der Waals surface area contributed by atoms with Crippen molar-refractivity contribution >= 4 is 33.6 Å². The molecule has 0 radical (unpaired) electrons. The van der Waals surface area contributed by atoms with Crippen LogP contribution < -0.4 is 0 Å². The van der Waals surface area contributed by atoms with Crippen LogP contribution in [0.5, 0.6) is 0 Å². The van der Waals surface area contributed by atoms with Crippen molar-refractivity contribution in [1.29, 1.82) is 0 Å². The highest BCUT2D eigenvalue weighted by Gasteiger charge is 2.25. The lowest BCUT2D eigenvalue weighted by atomic mass is 10.2. The third-order valence-corrected chi connectivity index (χ3v) is 3.72. The molecule has 0 spiro atoms. The zero-order chi connectivity index (χ0) is 8.97. The van der Waals surface area contributed by atoms with Crippen LogP contribution in [0.4, 0.5) is 0 Å². The van der Waals surface area contributed by atoms with Crippen molar-refractivity contribution in [2.45, 2.75) is 18.1 Å². The van der Waals surface area contributed by atoms with Gasteiger partial charge in [0, 0.05) is 18.9 Å². The standard InChI is InChI=1S/C8H14BrNOS/c1-10(5-4-9)8(11)7-3-2-6-12-7/h7H,2-6H2,1H3. The molecule has 0 bridgehead atoms. The molecule has 0 aliphatic carbocycles. The Morgan fingerprint density at radius 1 is 1.75 bits per heavy atom. The molecule has 1 aliphatic heterocycles. The number of thioether (sulfide) groups is 1. The van der Waals surface area contributed by atoms with Crippen molar-refractivity contribution in [3.05, 3.63) is 0 Å². The summed E-state index contributed by atoms with van der Waals surface area (Å²) in [5.74, 6) is 1.45. The zero-order valence-electron chi connectivity index (χ0n) is 7.25. The SMILES string of the molecule is CN(CCBr)C(=O)C1CCCS1. The van der Waals surface area contributed by atoms with Gasteiger partial charge < -0.3 is 4.90 Å². The van der Waals surface area contributed by atoms with E-state index in [9.17, 15) is 4.79 Å². The van der Waals surface area contributed by atoms with Gasteiger partial charge in [-0.1, -0.05) is 15.9 Å². The number of carbonyl (C=O) groups excluding carboxylic acids is 1. The van der Waals surface area contributed by atoms with Gasteiger partial charge in [-0.3, -0.25) is 4.79 Å². The Morgan fingerprint density at radius 3 is 3.00 bits per heavy atom. The minimum Gasteiger partial charge on any atom is -0.344 e. The summed E-state index contributed by atoms with van der Waals surface area (Å²) in [7, 11) is 1.88. The predicted molar refractivity (Wildman–Crippen MR) is 56.9 cm³/mol. The first kappa shape index (κ1) is 10.4. The highest BCUT2D eigenvalue weighted by Crippen LogP contribution is 2.27. The first-order chi connectivity index (χ1) is 5.75. The molecule has 0 aromatic heterocycles. The second-order valence-corrected chi connectivity index (χ2v) is 5.05. The molecule has 1 rings (SSSR count). The molecular weight excluding hydrogens is 238 g/mol. The lowest BCUT2D eigenvalue weighted by Gasteiger charge is -2.19. The fourth-order valence-electron chi connectivity index (χ4n) is 1.26. The van der Waals surface area contributed by atoms with Crippen LogP contribution in [-0.4, -0.2) is 40.7 Å². The van der Waals surface area contributed by atoms with Crippen molar-refractivity contribution in [3.63, 3.8) is 0 Å². The molecule has 1 saturated heterocycles. The van der Waals surface area contributed by atoms with Gasteiger partial charge in [-0.25, -0.2) is 0 Å². The Bertz CT molecular complexity index is 159. The first-order valence-corrected chi connectivity index (χ1v) is 6.35. The number of alkyl halides is 1. The number of rotatable bonds is 3. The molecule has 0 aromatic rings. The Balaban J connectivity index is 2.34. The van der Waals surface area contributed by atoms with Crippen molar-refractivity contribution in [2.24, 2.45) is 0 Å². The average Bonchev–Trinajstić information content (AvgIpc) is 2.55. The number of amides is 1. The second-order valence-electron chi connectivity index (χ2n) is 2.95. The Labute approximate surface area is 86.2 Å². The van der Waals surface area contributed by atoms with Gasteiger partial charge in [-0.05, 0) is 18.6 Å². The predicted octanol–water partition coefficient (Wildman–Crippen LogP) is 1.74. The molecule has 1 heterocycles. The van der Waals surface area contributed by atoms with Gasteiger partial charge in [-0.15, -0.1) is 11.8 Å². The average molecular weight is 252 g/mol. The van der Waals surface area contributed by atoms with Crippen molar-refractivity contribution in [1.82, 2.24) is 4.90 Å². The van der Waals surface area contributed by atoms with E-state index in [1.165, 1.54) is 6.42 Å². The molecule has 0 N–H and O–H groups in total. The minimum atomic E-state index is 0.244. The van der Waals surface area contributed by atoms with E-state index in [1.54, 1.807) is 11.8 Å². The first-order valence-electron chi connectivity index (χ1n) is 4.18. The number of halogens is 1. The van der Waals surface area contributed by atoms with Crippen LogP contribution in [0.1, 0.15) is 12.8 Å². The Hall–Kier alpha value is 0.300. The summed E-state index contributed by atoms with van der Waals surface area (Å²) in [6.45, 7) is 0.815. The summed E-state index contributed by atoms with van der Waals surface area (Å²) >= 11 is 5.12. The van der Waals surface area contributed by atoms with Crippen LogP contribution in [0.25, 0.3) is 0 Å². The fourth-order valence-corrected chi connectivity index (χ4v) is 3.06. The van der Waals surface area contributed by atoms with Crippen LogP contribution in [0.3, 0.4) is 0 Å². The Morgan fingerprint density at radius 2 is 2.50 bits per heavy atom. The van der Waals surface area contributed by atoms with Gasteiger partial charge in [0.2, 0.25) is 5.91 Å². The van der Waals surface area contributed by atoms with Crippen LogP contribution >= 0.6 is 27.7 Å². The van der Waals surface area contributed by atoms with Gasteiger partial charge in [0.25, 0.3) is 0 Å². The number of carbonyl (C=O) groups is 1. The summed E-state index contributed by atoms with van der Waals surface area (Å²) in [5.41, 5.74) is 0. The summed E-state index contributed by atoms with van der Waals surface area (Å²) in [5, 5.41) is 1.11. The van der Waals surface area contributed by atoms with Gasteiger partial charge >= 0.3 is 0 Å². The van der Waals surface area contributed by atoms with Crippen molar-refractivity contribution in [2.75, 3.05) is 24.7 Å². The molecular formula is C8H14BrNOS. The molecule has 1 fully saturated rings. The molecule has 1 amide bonds. The quantitative estimate of drug-likeness (QED) is 0.713. The normalized spacial score (nSPS) is 22.7. The third kappa shape index (κ3) is 2.66. The van der Waals surface area contributed by atoms with Gasteiger partial charge in [0.1, 0.15) is 0 Å². The van der Waals surface area contributed by atoms with E-state index in [-0.39, 0.29) is 5.25 Å². The van der Waals surface area contributed by atoms with Gasteiger partial charge in [-0.2, -0.15) is 0 Å². The number of hydrogen-bond acceptors (Lipinski definition) is 2. The van der Waals surface area contributed by atoms with E-state index in [4.69, 9.17) is 0 Å². The highest BCUT2D eigenvalue weighted by atomic mass is 79.9. The molecule has 1 aliphatic rings. The van der Waals surface area contributed by atoms with E-state index < -0.39 is 0 Å². The van der Waals surface area contributed by atoms with Crippen LogP contribution in [0.15, 0.2) is 0 Å². The maximum absolute atomic E-state index is 11.6. The Kier molecular flexibility index (Phi) is 4.43. The highest BCUT2D eigenvalue weighted by molar-refractivity contribution is 9.09. The van der Waals surface area contributed by atoms with Crippen LogP contribution in [0, 0.1) is 0 Å². The summed E-state index contributed by atoms with van der Waals surface area (Å²) in [4.78, 5) is 13.4. The molecule has 0 saturated carbocycles. The van der Waals surface area contributed by atoms with E-state index in [0.717, 1.165) is 24.0 Å². The molecule has 4 heteroatoms. The monoisotopic (exact) mass is 251 g/mol. The van der Waals surface area contributed by atoms with Crippen LogP contribution in [0.2, 0.25) is 0 Å². The summed E-state index contributed by atoms with van der Waals surface area (Å²) in [6, 6.07) is 0. The second kappa shape index (κ2) is 5.12. The smallest absolute Gasteiger partial charge is 0.235 e. The third-order valence-electron chi connectivity index (χ3n) is 2.00.